The van der Waals surface area contributed by atoms with E-state index in [-0.39, 0.29) is 76.2 Å². The Morgan fingerprint density at radius 3 is 2.48 bits per heavy atom. The van der Waals surface area contributed by atoms with Crippen LogP contribution in [0.3, 0.4) is 0 Å². The van der Waals surface area contributed by atoms with Gasteiger partial charge in [0.15, 0.2) is 17.1 Å². The summed E-state index contributed by atoms with van der Waals surface area (Å²) in [7, 11) is 0. The van der Waals surface area contributed by atoms with Crippen LogP contribution in [0.1, 0.15) is 53.4 Å². The minimum Gasteiger partial charge on any atom is -0.738 e. The summed E-state index contributed by atoms with van der Waals surface area (Å²) in [6, 6.07) is 0. The van der Waals surface area contributed by atoms with Gasteiger partial charge < -0.3 is 27.3 Å². The van der Waals surface area contributed by atoms with Gasteiger partial charge >= 0.3 is 57.4 Å². The molecule has 9 heteroatoms. The summed E-state index contributed by atoms with van der Waals surface area (Å²) in [5, 5.41) is 10.5. The molecule has 9 atom stereocenters. The average Bonchev–Trinajstić information content (AvgIpc) is 2.93. The minimum absolute atomic E-state index is 0. The SMILES string of the molecule is CCC(=O)O[C@]1(C(=O)[S-])[C@H](C)C[C@H]2[C@@H]3C[C@H](F)C4=CC(=O)C=C[C@]4(C)[C@@]3(F)[C@@H](O)C[C@@]21C.[K+]. The van der Waals surface area contributed by atoms with Crippen molar-refractivity contribution in [2.24, 2.45) is 28.6 Å². The number of esters is 1. The van der Waals surface area contributed by atoms with Crippen molar-refractivity contribution in [3.05, 3.63) is 23.8 Å². The van der Waals surface area contributed by atoms with Crippen LogP contribution in [0, 0.1) is 28.6 Å². The third-order valence-electron chi connectivity index (χ3n) is 9.04. The molecule has 3 fully saturated rings. The zero-order chi connectivity index (χ0) is 23.9. The second kappa shape index (κ2) is 8.82. The number of alkyl halides is 2. The first kappa shape index (κ1) is 27.6. The second-order valence-corrected chi connectivity index (χ2v) is 10.7. The van der Waals surface area contributed by atoms with Gasteiger partial charge in [0, 0.05) is 29.1 Å². The smallest absolute Gasteiger partial charge is 0.738 e. The monoisotopic (exact) mass is 506 g/mol. The van der Waals surface area contributed by atoms with E-state index in [2.05, 4.69) is 0 Å². The maximum atomic E-state index is 17.1. The van der Waals surface area contributed by atoms with Crippen molar-refractivity contribution in [2.45, 2.75) is 76.9 Å². The maximum absolute atomic E-state index is 17.1. The number of aliphatic hydroxyl groups excluding tert-OH is 1. The van der Waals surface area contributed by atoms with Crippen molar-refractivity contribution < 1.29 is 84.4 Å². The summed E-state index contributed by atoms with van der Waals surface area (Å²) >= 11 is 5.07. The number of hydrogen-bond donors (Lipinski definition) is 1. The van der Waals surface area contributed by atoms with Crippen molar-refractivity contribution >= 4 is 29.5 Å². The molecule has 0 radical (unpaired) electrons. The van der Waals surface area contributed by atoms with E-state index in [1.165, 1.54) is 19.1 Å². The number of fused-ring (bicyclic) bond motifs is 5. The molecule has 0 heterocycles. The molecular weight excluding hydrogens is 477 g/mol. The van der Waals surface area contributed by atoms with Crippen molar-refractivity contribution in [2.75, 3.05) is 0 Å². The maximum Gasteiger partial charge on any atom is 1.00 e. The molecular formula is C24H29F2KO5S. The predicted molar refractivity (Wildman–Crippen MR) is 115 cm³/mol. The molecule has 33 heavy (non-hydrogen) atoms. The van der Waals surface area contributed by atoms with Gasteiger partial charge in [0.25, 0.3) is 0 Å². The number of allylic oxidation sites excluding steroid dienone is 4. The summed E-state index contributed by atoms with van der Waals surface area (Å²) in [5.41, 5.74) is -6.56. The Kier molecular flexibility index (Phi) is 7.36. The molecule has 5 nitrogen and oxygen atoms in total. The first-order valence-corrected chi connectivity index (χ1v) is 11.6. The van der Waals surface area contributed by atoms with Gasteiger partial charge in [0.2, 0.25) is 0 Å². The summed E-state index contributed by atoms with van der Waals surface area (Å²) in [5.74, 6) is -3.02. The number of rotatable bonds is 3. The zero-order valence-electron chi connectivity index (χ0n) is 19.7. The van der Waals surface area contributed by atoms with Crippen LogP contribution in [0.25, 0.3) is 0 Å². The van der Waals surface area contributed by atoms with Crippen LogP contribution >= 0.6 is 0 Å². The fourth-order valence-electron chi connectivity index (χ4n) is 7.47. The molecule has 0 aromatic rings. The Morgan fingerprint density at radius 2 is 1.91 bits per heavy atom. The minimum atomic E-state index is -2.25. The molecule has 0 saturated heterocycles. The summed E-state index contributed by atoms with van der Waals surface area (Å²) in [6.45, 7) is 6.57. The van der Waals surface area contributed by atoms with Gasteiger partial charge in [-0.3, -0.25) is 9.59 Å². The van der Waals surface area contributed by atoms with Crippen LogP contribution in [-0.4, -0.2) is 45.5 Å². The number of aliphatic hydroxyl groups is 1. The quantitative estimate of drug-likeness (QED) is 0.338. The van der Waals surface area contributed by atoms with Crippen LogP contribution < -0.4 is 51.4 Å². The van der Waals surface area contributed by atoms with E-state index in [0.717, 1.165) is 6.08 Å². The molecule has 0 aromatic carbocycles. The van der Waals surface area contributed by atoms with E-state index >= 15 is 8.78 Å². The normalized spacial score (nSPS) is 48.0. The molecule has 0 unspecified atom stereocenters. The third kappa shape index (κ3) is 3.39. The van der Waals surface area contributed by atoms with Crippen molar-refractivity contribution in [1.29, 1.82) is 0 Å². The van der Waals surface area contributed by atoms with Gasteiger partial charge in [-0.05, 0) is 49.8 Å². The average molecular weight is 507 g/mol. The zero-order valence-corrected chi connectivity index (χ0v) is 23.6. The number of halogens is 2. The van der Waals surface area contributed by atoms with Crippen LogP contribution in [-0.2, 0) is 31.7 Å². The van der Waals surface area contributed by atoms with Crippen LogP contribution in [0.5, 0.6) is 0 Å². The van der Waals surface area contributed by atoms with E-state index in [4.69, 9.17) is 17.4 Å². The fraction of sp³-hybridized carbons (Fsp3) is 0.708. The number of carbonyl (C=O) groups excluding carboxylic acids is 3. The van der Waals surface area contributed by atoms with E-state index < -0.39 is 69.0 Å². The molecule has 1 N–H and O–H groups in total. The molecule has 0 amide bonds. The van der Waals surface area contributed by atoms with Crippen molar-refractivity contribution in [3.63, 3.8) is 0 Å². The molecule has 0 aromatic heterocycles. The van der Waals surface area contributed by atoms with Gasteiger partial charge in [-0.25, -0.2) is 8.78 Å². The van der Waals surface area contributed by atoms with Gasteiger partial charge in [0.1, 0.15) is 6.17 Å². The Hall–Kier alpha value is -0.0336. The van der Waals surface area contributed by atoms with Gasteiger partial charge in [0.05, 0.1) is 11.2 Å². The van der Waals surface area contributed by atoms with E-state index in [0.29, 0.717) is 6.42 Å². The Bertz CT molecular complexity index is 955. The molecule has 4 aliphatic rings. The number of ether oxygens (including phenoxy) is 1. The second-order valence-electron chi connectivity index (χ2n) is 10.3. The van der Waals surface area contributed by atoms with Crippen LogP contribution in [0.15, 0.2) is 23.8 Å². The van der Waals surface area contributed by atoms with Gasteiger partial charge in [-0.15, -0.1) is 0 Å². The van der Waals surface area contributed by atoms with E-state index in [1.54, 1.807) is 20.8 Å². The Morgan fingerprint density at radius 1 is 1.27 bits per heavy atom. The van der Waals surface area contributed by atoms with Crippen molar-refractivity contribution in [3.8, 4) is 0 Å². The fourth-order valence-corrected chi connectivity index (χ4v) is 7.95. The van der Waals surface area contributed by atoms with Crippen LogP contribution in [0.2, 0.25) is 0 Å². The topological polar surface area (TPSA) is 80.7 Å². The Labute approximate surface area is 241 Å². The molecule has 176 valence electrons. The standard InChI is InChI=1S/C24H30F2O5S.K/c1-5-19(29)31-24(20(30)32)12(2)8-14-15-10-17(25)16-9-13(27)6-7-21(16,3)23(15,26)18(28)11-22(14,24)4;/h6-7,9,12,14-15,17-18,28H,5,8,10-11H2,1-4H3,(H,30,32);/q;+1/p-1/t12-,14+,15+,17+,18+,21+,22+,23+,24+;/m1./s1. The number of carbonyl (C=O) groups is 3. The van der Waals surface area contributed by atoms with E-state index in [1.807, 2.05) is 0 Å². The predicted octanol–water partition coefficient (Wildman–Crippen LogP) is 0.321. The molecule has 4 rings (SSSR count). The Balaban J connectivity index is 0.00000306. The first-order chi connectivity index (χ1) is 14.8. The number of ketones is 1. The first-order valence-electron chi connectivity index (χ1n) is 11.2. The summed E-state index contributed by atoms with van der Waals surface area (Å²) in [6.07, 6.45) is 0.529. The van der Waals surface area contributed by atoms with E-state index in [9.17, 15) is 19.5 Å². The third-order valence-corrected chi connectivity index (χ3v) is 9.34. The number of hydrogen-bond acceptors (Lipinski definition) is 6. The summed E-state index contributed by atoms with van der Waals surface area (Å²) in [4.78, 5) is 37.1. The summed E-state index contributed by atoms with van der Waals surface area (Å²) < 4.78 is 38.3. The van der Waals surface area contributed by atoms with Gasteiger partial charge in [-0.2, -0.15) is 0 Å². The molecule has 0 spiro atoms. The molecule has 0 bridgehead atoms. The van der Waals surface area contributed by atoms with Gasteiger partial charge in [-0.1, -0.05) is 26.8 Å². The van der Waals surface area contributed by atoms with Crippen LogP contribution in [0.4, 0.5) is 8.78 Å². The molecule has 4 aliphatic carbocycles. The molecule has 0 aliphatic heterocycles. The van der Waals surface area contributed by atoms with Crippen molar-refractivity contribution in [1.82, 2.24) is 0 Å². The molecule has 3 saturated carbocycles. The largest absolute Gasteiger partial charge is 1.00 e.